The number of aromatic nitrogens is 1. The van der Waals surface area contributed by atoms with Gasteiger partial charge in [-0.3, -0.25) is 0 Å². The zero-order valence-electron chi connectivity index (χ0n) is 11.5. The van der Waals surface area contributed by atoms with E-state index in [0.717, 1.165) is 43.0 Å². The van der Waals surface area contributed by atoms with Crippen LogP contribution in [0, 0.1) is 0 Å². The van der Waals surface area contributed by atoms with Crippen molar-refractivity contribution in [3.63, 3.8) is 0 Å². The highest BCUT2D eigenvalue weighted by Crippen LogP contribution is 2.29. The fourth-order valence-corrected chi connectivity index (χ4v) is 3.07. The standard InChI is InChI=1S/C15H22N2O2/c1-2-3-12-6-11(10-18)7-15(16-12)17-8-13-4-5-14(9-17)19-13/h6-7,13-14,18H,2-5,8-10H2,1H3. The van der Waals surface area contributed by atoms with Gasteiger partial charge in [-0.1, -0.05) is 13.3 Å². The predicted molar refractivity (Wildman–Crippen MR) is 74.3 cm³/mol. The van der Waals surface area contributed by atoms with Crippen molar-refractivity contribution in [3.05, 3.63) is 23.4 Å². The van der Waals surface area contributed by atoms with Crippen LogP contribution < -0.4 is 4.90 Å². The SMILES string of the molecule is CCCc1cc(CO)cc(N2CC3CCC(C2)O3)n1. The third-order valence-corrected chi connectivity index (χ3v) is 3.98. The Labute approximate surface area is 114 Å². The summed E-state index contributed by atoms with van der Waals surface area (Å²) in [5.41, 5.74) is 2.05. The summed E-state index contributed by atoms with van der Waals surface area (Å²) < 4.78 is 5.86. The van der Waals surface area contributed by atoms with Crippen LogP contribution in [-0.2, 0) is 17.8 Å². The van der Waals surface area contributed by atoms with Gasteiger partial charge in [0.2, 0.25) is 0 Å². The normalized spacial score (nSPS) is 25.9. The zero-order valence-corrected chi connectivity index (χ0v) is 11.5. The molecule has 104 valence electrons. The van der Waals surface area contributed by atoms with E-state index in [1.54, 1.807) is 0 Å². The molecule has 2 aliphatic rings. The van der Waals surface area contributed by atoms with Gasteiger partial charge in [0.15, 0.2) is 0 Å². The average Bonchev–Trinajstić information content (AvgIpc) is 2.77. The van der Waals surface area contributed by atoms with Crippen LogP contribution in [0.2, 0.25) is 0 Å². The van der Waals surface area contributed by atoms with Crippen LogP contribution in [0.5, 0.6) is 0 Å². The van der Waals surface area contributed by atoms with Crippen LogP contribution in [0.25, 0.3) is 0 Å². The lowest BCUT2D eigenvalue weighted by atomic mass is 10.1. The first kappa shape index (κ1) is 12.9. The van der Waals surface area contributed by atoms with Gasteiger partial charge in [0.25, 0.3) is 0 Å². The number of pyridine rings is 1. The molecule has 0 radical (unpaired) electrons. The Morgan fingerprint density at radius 1 is 1.32 bits per heavy atom. The monoisotopic (exact) mass is 262 g/mol. The van der Waals surface area contributed by atoms with Gasteiger partial charge >= 0.3 is 0 Å². The molecular weight excluding hydrogens is 240 g/mol. The minimum Gasteiger partial charge on any atom is -0.392 e. The fourth-order valence-electron chi connectivity index (χ4n) is 3.07. The van der Waals surface area contributed by atoms with Crippen molar-refractivity contribution in [1.82, 2.24) is 4.98 Å². The third-order valence-electron chi connectivity index (χ3n) is 3.98. The first-order valence-corrected chi connectivity index (χ1v) is 7.29. The number of hydrogen-bond donors (Lipinski definition) is 1. The molecule has 2 unspecified atom stereocenters. The molecular formula is C15H22N2O2. The summed E-state index contributed by atoms with van der Waals surface area (Å²) in [7, 11) is 0. The fraction of sp³-hybridized carbons (Fsp3) is 0.667. The largest absolute Gasteiger partial charge is 0.392 e. The minimum atomic E-state index is 0.0867. The number of fused-ring (bicyclic) bond motifs is 2. The van der Waals surface area contributed by atoms with Crippen LogP contribution in [0.4, 0.5) is 5.82 Å². The van der Waals surface area contributed by atoms with Gasteiger partial charge in [-0.05, 0) is 37.0 Å². The van der Waals surface area contributed by atoms with Gasteiger partial charge in [0, 0.05) is 18.8 Å². The molecule has 2 atom stereocenters. The van der Waals surface area contributed by atoms with Crippen molar-refractivity contribution < 1.29 is 9.84 Å². The lowest BCUT2D eigenvalue weighted by Gasteiger charge is -2.33. The summed E-state index contributed by atoms with van der Waals surface area (Å²) in [6, 6.07) is 4.03. The number of rotatable bonds is 4. The molecule has 3 rings (SSSR count). The molecule has 3 heterocycles. The van der Waals surface area contributed by atoms with Crippen molar-refractivity contribution in [3.8, 4) is 0 Å². The molecule has 4 heteroatoms. The number of morpholine rings is 1. The zero-order chi connectivity index (χ0) is 13.2. The second kappa shape index (κ2) is 5.47. The molecule has 2 bridgehead atoms. The van der Waals surface area contributed by atoms with Gasteiger partial charge in [-0.2, -0.15) is 0 Å². The van der Waals surface area contributed by atoms with E-state index in [1.165, 1.54) is 12.8 Å². The number of ether oxygens (including phenoxy) is 1. The van der Waals surface area contributed by atoms with Crippen molar-refractivity contribution in [2.75, 3.05) is 18.0 Å². The molecule has 19 heavy (non-hydrogen) atoms. The second-order valence-electron chi connectivity index (χ2n) is 5.60. The molecule has 0 saturated carbocycles. The molecule has 1 N–H and O–H groups in total. The Morgan fingerprint density at radius 3 is 2.68 bits per heavy atom. The maximum Gasteiger partial charge on any atom is 0.129 e. The minimum absolute atomic E-state index is 0.0867. The van der Waals surface area contributed by atoms with Crippen LogP contribution in [0.15, 0.2) is 12.1 Å². The Hall–Kier alpha value is -1.13. The predicted octanol–water partition coefficient (Wildman–Crippen LogP) is 1.89. The quantitative estimate of drug-likeness (QED) is 0.900. The summed E-state index contributed by atoms with van der Waals surface area (Å²) in [6.45, 7) is 4.11. The van der Waals surface area contributed by atoms with E-state index in [4.69, 9.17) is 9.72 Å². The highest BCUT2D eigenvalue weighted by molar-refractivity contribution is 5.44. The number of nitrogens with zero attached hydrogens (tertiary/aromatic N) is 2. The Balaban J connectivity index is 1.84. The summed E-state index contributed by atoms with van der Waals surface area (Å²) in [5.74, 6) is 1.01. The first-order valence-electron chi connectivity index (χ1n) is 7.29. The Kier molecular flexibility index (Phi) is 3.71. The molecule has 0 amide bonds. The van der Waals surface area contributed by atoms with E-state index >= 15 is 0 Å². The highest BCUT2D eigenvalue weighted by atomic mass is 16.5. The van der Waals surface area contributed by atoms with E-state index in [0.29, 0.717) is 12.2 Å². The smallest absolute Gasteiger partial charge is 0.129 e. The average molecular weight is 262 g/mol. The molecule has 2 aliphatic heterocycles. The second-order valence-corrected chi connectivity index (χ2v) is 5.60. The van der Waals surface area contributed by atoms with E-state index < -0.39 is 0 Å². The Morgan fingerprint density at radius 2 is 2.05 bits per heavy atom. The van der Waals surface area contributed by atoms with Crippen LogP contribution in [0.3, 0.4) is 0 Å². The molecule has 1 aromatic heterocycles. The van der Waals surface area contributed by atoms with Crippen molar-refractivity contribution in [1.29, 1.82) is 0 Å². The van der Waals surface area contributed by atoms with Crippen molar-refractivity contribution in [2.24, 2.45) is 0 Å². The number of aliphatic hydroxyl groups is 1. The van der Waals surface area contributed by atoms with Crippen molar-refractivity contribution in [2.45, 2.75) is 51.4 Å². The van der Waals surface area contributed by atoms with Gasteiger partial charge in [-0.15, -0.1) is 0 Å². The lowest BCUT2D eigenvalue weighted by Crippen LogP contribution is -2.43. The number of anilines is 1. The summed E-state index contributed by atoms with van der Waals surface area (Å²) >= 11 is 0. The van der Waals surface area contributed by atoms with E-state index in [2.05, 4.69) is 11.8 Å². The van der Waals surface area contributed by atoms with Crippen LogP contribution in [-0.4, -0.2) is 35.4 Å². The number of aliphatic hydroxyl groups excluding tert-OH is 1. The highest BCUT2D eigenvalue weighted by Gasteiger charge is 2.34. The van der Waals surface area contributed by atoms with Crippen molar-refractivity contribution >= 4 is 5.82 Å². The van der Waals surface area contributed by atoms with Gasteiger partial charge in [0.1, 0.15) is 5.82 Å². The van der Waals surface area contributed by atoms with E-state index in [9.17, 15) is 5.11 Å². The molecule has 0 aliphatic carbocycles. The molecule has 2 saturated heterocycles. The first-order chi connectivity index (χ1) is 9.28. The molecule has 0 spiro atoms. The van der Waals surface area contributed by atoms with Crippen LogP contribution in [0.1, 0.15) is 37.4 Å². The maximum absolute atomic E-state index is 9.40. The Bertz CT molecular complexity index is 438. The van der Waals surface area contributed by atoms with Gasteiger partial charge in [0.05, 0.1) is 18.8 Å². The summed E-state index contributed by atoms with van der Waals surface area (Å²) in [5, 5.41) is 9.40. The lowest BCUT2D eigenvalue weighted by molar-refractivity contribution is 0.0302. The van der Waals surface area contributed by atoms with E-state index in [1.807, 2.05) is 12.1 Å². The number of hydrogen-bond acceptors (Lipinski definition) is 4. The topological polar surface area (TPSA) is 45.6 Å². The molecule has 1 aromatic rings. The third kappa shape index (κ3) is 2.74. The van der Waals surface area contributed by atoms with Crippen LogP contribution >= 0.6 is 0 Å². The number of aryl methyl sites for hydroxylation is 1. The molecule has 0 aromatic carbocycles. The van der Waals surface area contributed by atoms with E-state index in [-0.39, 0.29) is 6.61 Å². The summed E-state index contributed by atoms with van der Waals surface area (Å²) in [6.07, 6.45) is 5.12. The summed E-state index contributed by atoms with van der Waals surface area (Å²) in [4.78, 5) is 7.07. The van der Waals surface area contributed by atoms with Gasteiger partial charge in [-0.25, -0.2) is 4.98 Å². The maximum atomic E-state index is 9.40. The molecule has 2 fully saturated rings. The molecule has 4 nitrogen and oxygen atoms in total. The van der Waals surface area contributed by atoms with Gasteiger partial charge < -0.3 is 14.7 Å².